The molecule has 0 radical (unpaired) electrons. The predicted molar refractivity (Wildman–Crippen MR) is 83.8 cm³/mol. The number of nitrogens with one attached hydrogen (secondary N) is 1. The third-order valence-electron chi connectivity index (χ3n) is 3.20. The number of para-hydroxylation sites is 2. The van der Waals surface area contributed by atoms with Gasteiger partial charge in [0, 0.05) is 6.07 Å². The van der Waals surface area contributed by atoms with Gasteiger partial charge in [-0.2, -0.15) is 0 Å². The number of imidazole rings is 1. The number of aliphatic hydroxyl groups is 1. The topological polar surface area (TPSA) is 110 Å². The highest BCUT2D eigenvalue weighted by atomic mass is 32.1. The Morgan fingerprint density at radius 1 is 1.39 bits per heavy atom. The van der Waals surface area contributed by atoms with Crippen LogP contribution in [0.15, 0.2) is 42.7 Å². The first-order chi connectivity index (χ1) is 11.0. The van der Waals surface area contributed by atoms with E-state index < -0.39 is 17.1 Å². The fraction of sp³-hybridized carbons (Fsp3) is 0.143. The number of aliphatic hydroxyl groups excluding tert-OH is 1. The van der Waals surface area contributed by atoms with Gasteiger partial charge < -0.3 is 15.0 Å². The minimum Gasteiger partial charge on any atom is -0.369 e. The monoisotopic (exact) mass is 332 g/mol. The molecular formula is C14H12N4O4S. The van der Waals surface area contributed by atoms with Crippen LogP contribution in [0.5, 0.6) is 0 Å². The molecule has 1 atom stereocenters. The summed E-state index contributed by atoms with van der Waals surface area (Å²) in [4.78, 5) is 26.6. The molecule has 0 fully saturated rings. The fourth-order valence-electron chi connectivity index (χ4n) is 2.15. The van der Waals surface area contributed by atoms with Crippen LogP contribution in [0.4, 0.5) is 5.00 Å². The van der Waals surface area contributed by atoms with E-state index in [2.05, 4.69) is 10.3 Å². The molecule has 3 aromatic rings. The van der Waals surface area contributed by atoms with Crippen LogP contribution in [-0.2, 0) is 11.3 Å². The first-order valence-electron chi connectivity index (χ1n) is 6.66. The first-order valence-corrected chi connectivity index (χ1v) is 7.47. The highest BCUT2D eigenvalue weighted by molar-refractivity contribution is 7.15. The standard InChI is InChI=1S/C14H12N4O4S/c19-12(7-17-8-15-9-3-1-2-4-10(9)17)16-14(20)11-5-6-13(23-11)18(21)22/h1-6,8,14,20H,7H2,(H,16,19). The van der Waals surface area contributed by atoms with Gasteiger partial charge >= 0.3 is 5.00 Å². The van der Waals surface area contributed by atoms with Crippen LogP contribution in [0.25, 0.3) is 11.0 Å². The van der Waals surface area contributed by atoms with Crippen molar-refractivity contribution in [2.24, 2.45) is 0 Å². The van der Waals surface area contributed by atoms with Gasteiger partial charge in [0.1, 0.15) is 6.54 Å². The third kappa shape index (κ3) is 3.20. The number of amides is 1. The van der Waals surface area contributed by atoms with E-state index in [1.165, 1.54) is 12.1 Å². The zero-order chi connectivity index (χ0) is 16.4. The summed E-state index contributed by atoms with van der Waals surface area (Å²) in [5.41, 5.74) is 1.58. The summed E-state index contributed by atoms with van der Waals surface area (Å²) in [5, 5.41) is 22.9. The summed E-state index contributed by atoms with van der Waals surface area (Å²) in [6, 6.07) is 10.1. The molecule has 8 nitrogen and oxygen atoms in total. The molecule has 1 amide bonds. The minimum atomic E-state index is -1.28. The van der Waals surface area contributed by atoms with Crippen molar-refractivity contribution in [2.45, 2.75) is 12.8 Å². The summed E-state index contributed by atoms with van der Waals surface area (Å²) in [6.07, 6.45) is 0.267. The van der Waals surface area contributed by atoms with E-state index in [1.807, 2.05) is 24.3 Å². The molecule has 0 saturated heterocycles. The number of carbonyl (C=O) groups excluding carboxylic acids is 1. The Labute approximate surface area is 134 Å². The lowest BCUT2D eigenvalue weighted by Crippen LogP contribution is -2.30. The second kappa shape index (κ2) is 6.15. The SMILES string of the molecule is O=C(Cn1cnc2ccccc21)NC(O)c1ccc([N+](=O)[O-])s1. The van der Waals surface area contributed by atoms with Crippen LogP contribution >= 0.6 is 11.3 Å². The molecule has 2 aromatic heterocycles. The zero-order valence-electron chi connectivity index (χ0n) is 11.7. The lowest BCUT2D eigenvalue weighted by atomic mass is 10.3. The smallest absolute Gasteiger partial charge is 0.324 e. The molecule has 0 aliphatic heterocycles. The molecule has 118 valence electrons. The van der Waals surface area contributed by atoms with E-state index in [1.54, 1.807) is 10.9 Å². The van der Waals surface area contributed by atoms with Crippen molar-refractivity contribution in [3.8, 4) is 0 Å². The van der Waals surface area contributed by atoms with Gasteiger partial charge in [-0.1, -0.05) is 23.5 Å². The summed E-state index contributed by atoms with van der Waals surface area (Å²) >= 11 is 0.819. The van der Waals surface area contributed by atoms with E-state index in [4.69, 9.17) is 0 Å². The van der Waals surface area contributed by atoms with Crippen molar-refractivity contribution in [3.05, 3.63) is 57.7 Å². The van der Waals surface area contributed by atoms with Crippen molar-refractivity contribution in [3.63, 3.8) is 0 Å². The highest BCUT2D eigenvalue weighted by Gasteiger charge is 2.18. The Kier molecular flexibility index (Phi) is 4.04. The Morgan fingerprint density at radius 3 is 2.91 bits per heavy atom. The van der Waals surface area contributed by atoms with E-state index >= 15 is 0 Å². The molecular weight excluding hydrogens is 320 g/mol. The Balaban J connectivity index is 1.67. The number of carbonyl (C=O) groups is 1. The third-order valence-corrected chi connectivity index (χ3v) is 4.29. The predicted octanol–water partition coefficient (Wildman–Crippen LogP) is 1.81. The first kappa shape index (κ1) is 15.1. The Hall–Kier alpha value is -2.78. The van der Waals surface area contributed by atoms with Gasteiger partial charge in [-0.3, -0.25) is 14.9 Å². The van der Waals surface area contributed by atoms with Crippen molar-refractivity contribution in [1.82, 2.24) is 14.9 Å². The average molecular weight is 332 g/mol. The number of nitro groups is 1. The second-order valence-corrected chi connectivity index (χ2v) is 5.86. The van der Waals surface area contributed by atoms with Crippen molar-refractivity contribution >= 4 is 33.3 Å². The van der Waals surface area contributed by atoms with Crippen LogP contribution in [0.1, 0.15) is 11.1 Å². The largest absolute Gasteiger partial charge is 0.369 e. The van der Waals surface area contributed by atoms with Gasteiger partial charge in [-0.05, 0) is 18.2 Å². The summed E-state index contributed by atoms with van der Waals surface area (Å²) < 4.78 is 1.66. The van der Waals surface area contributed by atoms with E-state index in [9.17, 15) is 20.0 Å². The van der Waals surface area contributed by atoms with Crippen LogP contribution in [-0.4, -0.2) is 25.5 Å². The Bertz CT molecular complexity index is 872. The van der Waals surface area contributed by atoms with Gasteiger partial charge in [0.25, 0.3) is 0 Å². The molecule has 0 bridgehead atoms. The minimum absolute atomic E-state index is 0.00889. The fourth-order valence-corrected chi connectivity index (χ4v) is 2.91. The van der Waals surface area contributed by atoms with Crippen molar-refractivity contribution < 1.29 is 14.8 Å². The molecule has 0 aliphatic carbocycles. The van der Waals surface area contributed by atoms with Gasteiger partial charge in [0.05, 0.1) is 27.2 Å². The second-order valence-electron chi connectivity index (χ2n) is 4.76. The molecule has 0 aliphatic rings. The molecule has 1 unspecified atom stereocenters. The van der Waals surface area contributed by atoms with E-state index in [-0.39, 0.29) is 11.5 Å². The molecule has 2 N–H and O–H groups in total. The van der Waals surface area contributed by atoms with Crippen molar-refractivity contribution in [2.75, 3.05) is 0 Å². The van der Waals surface area contributed by atoms with Gasteiger partial charge in [-0.25, -0.2) is 4.98 Å². The summed E-state index contributed by atoms with van der Waals surface area (Å²) in [7, 11) is 0. The molecule has 3 rings (SSSR count). The van der Waals surface area contributed by atoms with Gasteiger partial charge in [0.2, 0.25) is 5.91 Å². The molecule has 1 aromatic carbocycles. The average Bonchev–Trinajstić information content (AvgIpc) is 3.15. The lowest BCUT2D eigenvalue weighted by Gasteiger charge is -2.11. The molecule has 0 spiro atoms. The number of hydrogen-bond donors (Lipinski definition) is 2. The van der Waals surface area contributed by atoms with Crippen LogP contribution in [0.2, 0.25) is 0 Å². The van der Waals surface area contributed by atoms with Gasteiger partial charge in [0.15, 0.2) is 6.23 Å². The zero-order valence-corrected chi connectivity index (χ0v) is 12.6. The molecule has 0 saturated carbocycles. The number of rotatable bonds is 5. The number of aromatic nitrogens is 2. The quantitative estimate of drug-likeness (QED) is 0.420. The van der Waals surface area contributed by atoms with Crippen molar-refractivity contribution in [1.29, 1.82) is 0 Å². The number of nitrogens with zero attached hydrogens (tertiary/aromatic N) is 3. The van der Waals surface area contributed by atoms with E-state index in [0.717, 1.165) is 22.4 Å². The molecule has 23 heavy (non-hydrogen) atoms. The number of thiophene rings is 1. The molecule has 9 heteroatoms. The number of benzene rings is 1. The summed E-state index contributed by atoms with van der Waals surface area (Å²) in [5.74, 6) is -0.420. The number of fused-ring (bicyclic) bond motifs is 1. The maximum Gasteiger partial charge on any atom is 0.324 e. The maximum atomic E-state index is 12.0. The number of hydrogen-bond acceptors (Lipinski definition) is 6. The van der Waals surface area contributed by atoms with Crippen LogP contribution in [0, 0.1) is 10.1 Å². The van der Waals surface area contributed by atoms with Gasteiger partial charge in [-0.15, -0.1) is 0 Å². The highest BCUT2D eigenvalue weighted by Crippen LogP contribution is 2.27. The van der Waals surface area contributed by atoms with E-state index in [0.29, 0.717) is 4.88 Å². The Morgan fingerprint density at radius 2 is 2.17 bits per heavy atom. The summed E-state index contributed by atoms with van der Waals surface area (Å²) in [6.45, 7) is -0.00889. The van der Waals surface area contributed by atoms with Crippen LogP contribution in [0.3, 0.4) is 0 Å². The molecule has 2 heterocycles. The lowest BCUT2D eigenvalue weighted by molar-refractivity contribution is -0.380. The van der Waals surface area contributed by atoms with Crippen LogP contribution < -0.4 is 5.32 Å². The maximum absolute atomic E-state index is 12.0. The normalized spacial score (nSPS) is 12.2.